The second kappa shape index (κ2) is 12.1. The van der Waals surface area contributed by atoms with Gasteiger partial charge in [-0.1, -0.05) is 133 Å². The Kier molecular flexibility index (Phi) is 6.75. The number of benzene rings is 8. The van der Waals surface area contributed by atoms with Crippen LogP contribution in [0.3, 0.4) is 0 Å². The predicted octanol–water partition coefficient (Wildman–Crippen LogP) is 12.1. The molecular formula is C48H29N5O. The lowest BCUT2D eigenvalue weighted by atomic mass is 9.95. The Hall–Kier alpha value is -7.44. The zero-order valence-corrected chi connectivity index (χ0v) is 28.9. The first-order valence-corrected chi connectivity index (χ1v) is 18.0. The molecule has 0 fully saturated rings. The van der Waals surface area contributed by atoms with E-state index >= 15 is 0 Å². The molecular weight excluding hydrogens is 663 g/mol. The van der Waals surface area contributed by atoms with Gasteiger partial charge in [0.1, 0.15) is 22.2 Å². The fraction of sp³-hybridized carbons (Fsp3) is 0. The number of para-hydroxylation sites is 2. The fourth-order valence-corrected chi connectivity index (χ4v) is 7.76. The van der Waals surface area contributed by atoms with Crippen molar-refractivity contribution in [3.05, 3.63) is 176 Å². The van der Waals surface area contributed by atoms with Crippen LogP contribution >= 0.6 is 0 Å². The van der Waals surface area contributed by atoms with Gasteiger partial charge in [-0.05, 0) is 69.8 Å². The first-order chi connectivity index (χ1) is 26.7. The number of hydrogen-bond donors (Lipinski definition) is 0. The van der Waals surface area contributed by atoms with Crippen molar-refractivity contribution in [2.24, 2.45) is 0 Å². The topological polar surface area (TPSA) is 69.6 Å². The normalized spacial score (nSPS) is 11.7. The molecule has 0 radical (unpaired) electrons. The summed E-state index contributed by atoms with van der Waals surface area (Å²) < 4.78 is 6.31. The van der Waals surface area contributed by atoms with E-state index in [0.29, 0.717) is 5.82 Å². The average molecular weight is 692 g/mol. The highest BCUT2D eigenvalue weighted by atomic mass is 16.3. The van der Waals surface area contributed by atoms with Gasteiger partial charge < -0.3 is 4.42 Å². The Labute approximate surface area is 309 Å². The highest BCUT2D eigenvalue weighted by Gasteiger charge is 2.19. The molecule has 3 heterocycles. The van der Waals surface area contributed by atoms with Crippen LogP contribution in [0, 0.1) is 0 Å². The van der Waals surface area contributed by atoms with Crippen molar-refractivity contribution in [2.45, 2.75) is 0 Å². The van der Waals surface area contributed by atoms with Gasteiger partial charge in [-0.3, -0.25) is 0 Å². The van der Waals surface area contributed by atoms with Crippen molar-refractivity contribution in [3.63, 3.8) is 0 Å². The van der Waals surface area contributed by atoms with Crippen molar-refractivity contribution >= 4 is 54.5 Å². The van der Waals surface area contributed by atoms with E-state index in [1.165, 1.54) is 0 Å². The molecule has 0 bridgehead atoms. The van der Waals surface area contributed by atoms with Crippen LogP contribution in [-0.2, 0) is 0 Å². The molecule has 0 N–H and O–H groups in total. The Bertz CT molecular complexity index is 3220. The van der Waals surface area contributed by atoms with E-state index in [4.69, 9.17) is 24.6 Å². The molecule has 0 spiro atoms. The minimum atomic E-state index is 0.644. The van der Waals surface area contributed by atoms with E-state index in [-0.39, 0.29) is 0 Å². The monoisotopic (exact) mass is 691 g/mol. The van der Waals surface area contributed by atoms with Crippen LogP contribution in [-0.4, -0.2) is 25.0 Å². The first-order valence-electron chi connectivity index (χ1n) is 18.0. The molecule has 54 heavy (non-hydrogen) atoms. The smallest absolute Gasteiger partial charge is 0.160 e. The SMILES string of the molecule is c1ccc(-c2ccccc2-c2cc(-c3cccc4oc5ccccc5c34)nc(-c3ccc4c(ccc5ccc6nn(-c7ccccc7)nc6c54)c3)n2)cc1. The summed E-state index contributed by atoms with van der Waals surface area (Å²) in [6.07, 6.45) is 0. The van der Waals surface area contributed by atoms with Crippen LogP contribution < -0.4 is 0 Å². The fourth-order valence-electron chi connectivity index (χ4n) is 7.76. The van der Waals surface area contributed by atoms with Crippen LogP contribution in [0.2, 0.25) is 0 Å². The van der Waals surface area contributed by atoms with Crippen LogP contribution in [0.4, 0.5) is 0 Å². The summed E-state index contributed by atoms with van der Waals surface area (Å²) in [7, 11) is 0. The van der Waals surface area contributed by atoms with Gasteiger partial charge in [-0.2, -0.15) is 4.80 Å². The van der Waals surface area contributed by atoms with E-state index in [0.717, 1.165) is 99.4 Å². The number of rotatable bonds is 5. The summed E-state index contributed by atoms with van der Waals surface area (Å²) in [6, 6.07) is 60.4. The summed E-state index contributed by atoms with van der Waals surface area (Å²) >= 11 is 0. The Morgan fingerprint density at radius 2 is 1.11 bits per heavy atom. The number of hydrogen-bond acceptors (Lipinski definition) is 5. The van der Waals surface area contributed by atoms with Gasteiger partial charge >= 0.3 is 0 Å². The third-order valence-electron chi connectivity index (χ3n) is 10.3. The summed E-state index contributed by atoms with van der Waals surface area (Å²) in [5.74, 6) is 0.644. The zero-order valence-electron chi connectivity index (χ0n) is 28.9. The molecule has 0 unspecified atom stereocenters. The molecule has 11 rings (SSSR count). The molecule has 0 aliphatic heterocycles. The number of nitrogens with zero attached hydrogens (tertiary/aromatic N) is 5. The van der Waals surface area contributed by atoms with Crippen molar-refractivity contribution in [3.8, 4) is 50.7 Å². The molecule has 0 atom stereocenters. The lowest BCUT2D eigenvalue weighted by molar-refractivity contribution is 0.669. The van der Waals surface area contributed by atoms with Crippen LogP contribution in [0.25, 0.3) is 105 Å². The van der Waals surface area contributed by atoms with Crippen molar-refractivity contribution in [1.82, 2.24) is 25.0 Å². The van der Waals surface area contributed by atoms with Gasteiger partial charge in [0, 0.05) is 32.8 Å². The van der Waals surface area contributed by atoms with E-state index in [1.807, 2.05) is 66.7 Å². The average Bonchev–Trinajstić information content (AvgIpc) is 3.86. The van der Waals surface area contributed by atoms with Crippen LogP contribution in [0.1, 0.15) is 0 Å². The van der Waals surface area contributed by atoms with E-state index < -0.39 is 0 Å². The molecule has 0 saturated carbocycles. The summed E-state index contributed by atoms with van der Waals surface area (Å²) in [5.41, 5.74) is 11.2. The Balaban J connectivity index is 1.13. The van der Waals surface area contributed by atoms with E-state index in [2.05, 4.69) is 109 Å². The quantitative estimate of drug-likeness (QED) is 0.168. The van der Waals surface area contributed by atoms with Gasteiger partial charge in [0.15, 0.2) is 5.82 Å². The molecule has 8 aromatic carbocycles. The van der Waals surface area contributed by atoms with Crippen molar-refractivity contribution in [1.29, 1.82) is 0 Å². The minimum absolute atomic E-state index is 0.644. The number of aromatic nitrogens is 5. The lowest BCUT2D eigenvalue weighted by Crippen LogP contribution is -1.97. The van der Waals surface area contributed by atoms with Crippen LogP contribution in [0.5, 0.6) is 0 Å². The van der Waals surface area contributed by atoms with E-state index in [1.54, 1.807) is 4.80 Å². The highest BCUT2D eigenvalue weighted by Crippen LogP contribution is 2.40. The summed E-state index contributed by atoms with van der Waals surface area (Å²) in [4.78, 5) is 12.3. The number of fused-ring (bicyclic) bond motifs is 8. The standard InChI is InChI=1S/C48H29N5O/c1-3-12-30(13-4-1)35-16-7-8-17-37(35)41-29-42(38-19-11-21-44-46(38)39-18-9-10-20-43(39)54-44)50-48(49-41)33-24-26-36-32(28-33)23-22-31-25-27-40-47(45(31)36)52-53(51-40)34-14-5-2-6-15-34/h1-29H. The highest BCUT2D eigenvalue weighted by molar-refractivity contribution is 6.18. The Morgan fingerprint density at radius 3 is 1.98 bits per heavy atom. The van der Waals surface area contributed by atoms with Crippen molar-refractivity contribution in [2.75, 3.05) is 0 Å². The molecule has 0 saturated heterocycles. The third kappa shape index (κ3) is 4.89. The van der Waals surface area contributed by atoms with Gasteiger partial charge in [-0.15, -0.1) is 10.2 Å². The minimum Gasteiger partial charge on any atom is -0.456 e. The molecule has 6 heteroatoms. The molecule has 6 nitrogen and oxygen atoms in total. The number of furan rings is 1. The third-order valence-corrected chi connectivity index (χ3v) is 10.3. The second-order valence-corrected chi connectivity index (χ2v) is 13.5. The lowest BCUT2D eigenvalue weighted by Gasteiger charge is -2.14. The summed E-state index contributed by atoms with van der Waals surface area (Å²) in [5, 5.41) is 16.3. The van der Waals surface area contributed by atoms with Crippen LogP contribution in [0.15, 0.2) is 180 Å². The second-order valence-electron chi connectivity index (χ2n) is 13.5. The maximum atomic E-state index is 6.31. The van der Waals surface area contributed by atoms with Gasteiger partial charge in [0.2, 0.25) is 0 Å². The maximum absolute atomic E-state index is 6.31. The van der Waals surface area contributed by atoms with Gasteiger partial charge in [0.05, 0.1) is 17.1 Å². The molecule has 0 aliphatic rings. The first kappa shape index (κ1) is 30.2. The predicted molar refractivity (Wildman–Crippen MR) is 218 cm³/mol. The molecule has 252 valence electrons. The van der Waals surface area contributed by atoms with Crippen molar-refractivity contribution < 1.29 is 4.42 Å². The van der Waals surface area contributed by atoms with E-state index in [9.17, 15) is 0 Å². The molecule has 0 aliphatic carbocycles. The maximum Gasteiger partial charge on any atom is 0.160 e. The Morgan fingerprint density at radius 1 is 0.426 bits per heavy atom. The van der Waals surface area contributed by atoms with Gasteiger partial charge in [-0.25, -0.2) is 9.97 Å². The zero-order chi connectivity index (χ0) is 35.6. The molecule has 0 amide bonds. The molecule has 11 aromatic rings. The van der Waals surface area contributed by atoms with Gasteiger partial charge in [0.25, 0.3) is 0 Å². The summed E-state index contributed by atoms with van der Waals surface area (Å²) in [6.45, 7) is 0. The largest absolute Gasteiger partial charge is 0.456 e. The molecule has 3 aromatic heterocycles.